The highest BCUT2D eigenvalue weighted by Crippen LogP contribution is 2.11. The number of thiazole rings is 1. The molecule has 2 heterocycles. The van der Waals surface area contributed by atoms with Crippen molar-refractivity contribution >= 4 is 17.1 Å². The lowest BCUT2D eigenvalue weighted by atomic mass is 10.1. The van der Waals surface area contributed by atoms with Gasteiger partial charge in [-0.15, -0.1) is 11.3 Å². The third kappa shape index (κ3) is 2.27. The first-order chi connectivity index (χ1) is 7.27. The Hall–Kier alpha value is -1.55. The Morgan fingerprint density at radius 3 is 3.07 bits per heavy atom. The fraction of sp³-hybridized carbons (Fsp3) is 0.182. The van der Waals surface area contributed by atoms with E-state index in [1.165, 1.54) is 11.3 Å². The number of hydrogen-bond donors (Lipinski definition) is 0. The minimum Gasteiger partial charge on any atom is -0.292 e. The molecule has 0 saturated carbocycles. The third-order valence-electron chi connectivity index (χ3n) is 2.09. The van der Waals surface area contributed by atoms with Crippen LogP contribution in [0.5, 0.6) is 0 Å². The Labute approximate surface area is 91.8 Å². The lowest BCUT2D eigenvalue weighted by Crippen LogP contribution is -2.06. The Morgan fingerprint density at radius 2 is 2.40 bits per heavy atom. The third-order valence-corrected chi connectivity index (χ3v) is 2.87. The highest BCUT2D eigenvalue weighted by molar-refractivity contribution is 7.09. The number of aryl methyl sites for hydroxylation is 1. The zero-order valence-electron chi connectivity index (χ0n) is 8.30. The fourth-order valence-electron chi connectivity index (χ4n) is 1.35. The van der Waals surface area contributed by atoms with E-state index in [0.29, 0.717) is 12.1 Å². The molecule has 0 spiro atoms. The van der Waals surface area contributed by atoms with E-state index in [1.807, 2.05) is 19.1 Å². The molecule has 0 radical (unpaired) electrons. The number of carbonyl (C=O) groups is 1. The molecule has 0 atom stereocenters. The summed E-state index contributed by atoms with van der Waals surface area (Å²) in [6, 6.07) is 3.73. The molecule has 15 heavy (non-hydrogen) atoms. The molecule has 0 amide bonds. The Morgan fingerprint density at radius 1 is 1.53 bits per heavy atom. The van der Waals surface area contributed by atoms with Crippen molar-refractivity contribution in [3.05, 3.63) is 46.2 Å². The lowest BCUT2D eigenvalue weighted by molar-refractivity contribution is 0.0988. The van der Waals surface area contributed by atoms with E-state index in [-0.39, 0.29) is 5.78 Å². The van der Waals surface area contributed by atoms with E-state index in [0.717, 1.165) is 10.4 Å². The van der Waals surface area contributed by atoms with Crippen LogP contribution in [-0.2, 0) is 6.42 Å². The van der Waals surface area contributed by atoms with Crippen LogP contribution in [0.1, 0.15) is 20.9 Å². The molecule has 0 aliphatic heterocycles. The van der Waals surface area contributed by atoms with Gasteiger partial charge in [-0.1, -0.05) is 6.07 Å². The van der Waals surface area contributed by atoms with E-state index < -0.39 is 0 Å². The average Bonchev–Trinajstić information content (AvgIpc) is 2.71. The largest absolute Gasteiger partial charge is 0.292 e. The van der Waals surface area contributed by atoms with Gasteiger partial charge in [0.2, 0.25) is 0 Å². The molecule has 0 fully saturated rings. The first kappa shape index (κ1) is 9.98. The van der Waals surface area contributed by atoms with Gasteiger partial charge < -0.3 is 0 Å². The summed E-state index contributed by atoms with van der Waals surface area (Å²) < 4.78 is 0. The van der Waals surface area contributed by atoms with Gasteiger partial charge in [0.15, 0.2) is 5.78 Å². The van der Waals surface area contributed by atoms with Crippen molar-refractivity contribution in [1.29, 1.82) is 0 Å². The lowest BCUT2D eigenvalue weighted by Gasteiger charge is -2.01. The van der Waals surface area contributed by atoms with Crippen molar-refractivity contribution in [2.75, 3.05) is 0 Å². The van der Waals surface area contributed by atoms with Gasteiger partial charge in [0.1, 0.15) is 5.69 Å². The Kier molecular flexibility index (Phi) is 2.87. The number of carbonyl (C=O) groups excluding carboxylic acids is 1. The van der Waals surface area contributed by atoms with Crippen LogP contribution in [0.2, 0.25) is 0 Å². The van der Waals surface area contributed by atoms with Crippen LogP contribution in [0.3, 0.4) is 0 Å². The molecule has 0 aliphatic carbocycles. The van der Waals surface area contributed by atoms with Gasteiger partial charge in [0, 0.05) is 23.7 Å². The number of pyridine rings is 1. The van der Waals surface area contributed by atoms with Crippen LogP contribution in [0.25, 0.3) is 0 Å². The average molecular weight is 218 g/mol. The summed E-state index contributed by atoms with van der Waals surface area (Å²) in [5, 5.41) is 0. The maximum absolute atomic E-state index is 11.8. The summed E-state index contributed by atoms with van der Waals surface area (Å²) >= 11 is 1.49. The summed E-state index contributed by atoms with van der Waals surface area (Å²) in [6.07, 6.45) is 3.76. The number of rotatable bonds is 3. The standard InChI is InChI=1S/C11H10N2OS/c1-8-3-2-4-13-11(8)10(14)5-9-6-12-7-15-9/h2-4,6-7H,5H2,1H3. The molecule has 2 aromatic rings. The summed E-state index contributed by atoms with van der Waals surface area (Å²) in [5.74, 6) is 0.0531. The maximum atomic E-state index is 11.8. The molecule has 0 N–H and O–H groups in total. The number of ketones is 1. The van der Waals surface area contributed by atoms with Crippen molar-refractivity contribution in [1.82, 2.24) is 9.97 Å². The first-order valence-corrected chi connectivity index (χ1v) is 5.47. The zero-order chi connectivity index (χ0) is 10.7. The quantitative estimate of drug-likeness (QED) is 0.742. The first-order valence-electron chi connectivity index (χ1n) is 4.59. The molecule has 76 valence electrons. The zero-order valence-corrected chi connectivity index (χ0v) is 9.12. The minimum atomic E-state index is 0.0531. The molecule has 0 unspecified atom stereocenters. The van der Waals surface area contributed by atoms with Gasteiger partial charge >= 0.3 is 0 Å². The highest BCUT2D eigenvalue weighted by atomic mass is 32.1. The van der Waals surface area contributed by atoms with Crippen LogP contribution < -0.4 is 0 Å². The van der Waals surface area contributed by atoms with Crippen LogP contribution in [-0.4, -0.2) is 15.8 Å². The second-order valence-corrected chi connectivity index (χ2v) is 4.21. The van der Waals surface area contributed by atoms with E-state index in [1.54, 1.807) is 17.9 Å². The summed E-state index contributed by atoms with van der Waals surface area (Å²) in [7, 11) is 0. The van der Waals surface area contributed by atoms with Gasteiger partial charge in [0.25, 0.3) is 0 Å². The predicted molar refractivity (Wildman–Crippen MR) is 59.1 cm³/mol. The summed E-state index contributed by atoms with van der Waals surface area (Å²) in [4.78, 5) is 20.9. The molecule has 2 aromatic heterocycles. The minimum absolute atomic E-state index is 0.0531. The molecular weight excluding hydrogens is 208 g/mol. The predicted octanol–water partition coefficient (Wildman–Crippen LogP) is 2.27. The molecule has 4 heteroatoms. The van der Waals surface area contributed by atoms with Crippen molar-refractivity contribution in [2.24, 2.45) is 0 Å². The SMILES string of the molecule is Cc1cccnc1C(=O)Cc1cncs1. The fourth-order valence-corrected chi connectivity index (χ4v) is 1.94. The highest BCUT2D eigenvalue weighted by Gasteiger charge is 2.11. The molecule has 0 aromatic carbocycles. The second-order valence-electron chi connectivity index (χ2n) is 3.24. The van der Waals surface area contributed by atoms with Gasteiger partial charge in [0.05, 0.1) is 5.51 Å². The molecule has 3 nitrogen and oxygen atoms in total. The topological polar surface area (TPSA) is 42.9 Å². The van der Waals surface area contributed by atoms with Gasteiger partial charge in [-0.05, 0) is 18.6 Å². The smallest absolute Gasteiger partial charge is 0.186 e. The normalized spacial score (nSPS) is 10.2. The van der Waals surface area contributed by atoms with Crippen LogP contribution in [0, 0.1) is 6.92 Å². The van der Waals surface area contributed by atoms with Gasteiger partial charge in [-0.25, -0.2) is 0 Å². The van der Waals surface area contributed by atoms with Crippen LogP contribution in [0.4, 0.5) is 0 Å². The van der Waals surface area contributed by atoms with E-state index in [4.69, 9.17) is 0 Å². The molecule has 0 bridgehead atoms. The van der Waals surface area contributed by atoms with Gasteiger partial charge in [-0.3, -0.25) is 14.8 Å². The summed E-state index contributed by atoms with van der Waals surface area (Å²) in [5.41, 5.74) is 3.21. The van der Waals surface area contributed by atoms with Crippen molar-refractivity contribution in [3.63, 3.8) is 0 Å². The number of hydrogen-bond acceptors (Lipinski definition) is 4. The number of nitrogens with zero attached hydrogens (tertiary/aromatic N) is 2. The molecule has 2 rings (SSSR count). The number of aromatic nitrogens is 2. The monoisotopic (exact) mass is 218 g/mol. The second kappa shape index (κ2) is 4.31. The van der Waals surface area contributed by atoms with E-state index >= 15 is 0 Å². The maximum Gasteiger partial charge on any atom is 0.186 e. The molecular formula is C11H10N2OS. The van der Waals surface area contributed by atoms with Crippen LogP contribution >= 0.6 is 11.3 Å². The Balaban J connectivity index is 2.19. The number of Topliss-reactive ketones (excluding diaryl/α,β-unsaturated/α-hetero) is 1. The van der Waals surface area contributed by atoms with Crippen LogP contribution in [0.15, 0.2) is 30.0 Å². The molecule has 0 saturated heterocycles. The Bertz CT molecular complexity index is 465. The van der Waals surface area contributed by atoms with Crippen molar-refractivity contribution in [2.45, 2.75) is 13.3 Å². The van der Waals surface area contributed by atoms with E-state index in [2.05, 4.69) is 9.97 Å². The summed E-state index contributed by atoms with van der Waals surface area (Å²) in [6.45, 7) is 1.90. The van der Waals surface area contributed by atoms with Gasteiger partial charge in [-0.2, -0.15) is 0 Å². The molecule has 0 aliphatic rings. The van der Waals surface area contributed by atoms with E-state index in [9.17, 15) is 4.79 Å². The van der Waals surface area contributed by atoms with Crippen molar-refractivity contribution in [3.8, 4) is 0 Å². The van der Waals surface area contributed by atoms with Crippen molar-refractivity contribution < 1.29 is 4.79 Å².